The molecule has 1 aromatic heterocycles. The monoisotopic (exact) mass is 455 g/mol. The van der Waals surface area contributed by atoms with Gasteiger partial charge in [-0.15, -0.1) is 0 Å². The van der Waals surface area contributed by atoms with E-state index < -0.39 is 0 Å². The first-order valence-electron chi connectivity index (χ1n) is 11.8. The van der Waals surface area contributed by atoms with Gasteiger partial charge < -0.3 is 14.6 Å². The molecule has 0 atom stereocenters. The van der Waals surface area contributed by atoms with E-state index in [1.54, 1.807) is 19.2 Å². The van der Waals surface area contributed by atoms with Crippen LogP contribution in [0.2, 0.25) is 0 Å². The molecule has 1 amide bonds. The highest BCUT2D eigenvalue weighted by Crippen LogP contribution is 2.24. The summed E-state index contributed by atoms with van der Waals surface area (Å²) in [4.78, 5) is 17.5. The van der Waals surface area contributed by atoms with E-state index >= 15 is 0 Å². The molecule has 0 unspecified atom stereocenters. The zero-order chi connectivity index (χ0) is 24.1. The second kappa shape index (κ2) is 10.1. The fraction of sp³-hybridized carbons (Fsp3) is 0.310. The molecule has 34 heavy (non-hydrogen) atoms. The van der Waals surface area contributed by atoms with Gasteiger partial charge in [0, 0.05) is 19.5 Å². The number of methoxy groups -OCH3 is 1. The number of ether oxygens (including phenoxy) is 1. The smallest absolute Gasteiger partial charge is 0.255 e. The number of benzene rings is 3. The van der Waals surface area contributed by atoms with Crippen LogP contribution in [0.5, 0.6) is 5.75 Å². The normalized spacial score (nSPS) is 11.5. The average molecular weight is 456 g/mol. The third-order valence-corrected chi connectivity index (χ3v) is 6.11. The Kier molecular flexibility index (Phi) is 7.01. The molecule has 5 heteroatoms. The Morgan fingerprint density at radius 2 is 1.68 bits per heavy atom. The molecule has 0 saturated heterocycles. The Bertz CT molecular complexity index is 1270. The summed E-state index contributed by atoms with van der Waals surface area (Å²) < 4.78 is 7.59. The van der Waals surface area contributed by atoms with E-state index in [2.05, 4.69) is 73.1 Å². The largest absolute Gasteiger partial charge is 0.496 e. The van der Waals surface area contributed by atoms with E-state index in [0.717, 1.165) is 36.2 Å². The lowest BCUT2D eigenvalue weighted by atomic mass is 9.87. The summed E-state index contributed by atoms with van der Waals surface area (Å²) in [6, 6.07) is 24.4. The molecule has 176 valence electrons. The first kappa shape index (κ1) is 23.6. The molecule has 0 spiro atoms. The molecular weight excluding hydrogens is 422 g/mol. The first-order valence-corrected chi connectivity index (χ1v) is 11.8. The summed E-state index contributed by atoms with van der Waals surface area (Å²) in [5.41, 5.74) is 5.41. The number of hydrogen-bond acceptors (Lipinski definition) is 3. The minimum atomic E-state index is -0.120. The minimum Gasteiger partial charge on any atom is -0.496 e. The van der Waals surface area contributed by atoms with Gasteiger partial charge in [0.2, 0.25) is 0 Å². The number of amides is 1. The van der Waals surface area contributed by atoms with Crippen LogP contribution in [-0.4, -0.2) is 29.1 Å². The number of fused-ring (bicyclic) bond motifs is 1. The molecule has 0 aliphatic rings. The second-order valence-electron chi connectivity index (χ2n) is 9.61. The molecule has 4 rings (SSSR count). The number of para-hydroxylation sites is 3. The molecule has 0 aliphatic heterocycles. The number of carbonyl (C=O) groups is 1. The number of hydrogen-bond donors (Lipinski definition) is 1. The lowest BCUT2D eigenvalue weighted by Gasteiger charge is -2.19. The Balaban J connectivity index is 1.45. The number of nitrogens with one attached hydrogen (secondary N) is 1. The van der Waals surface area contributed by atoms with Crippen LogP contribution in [0, 0.1) is 0 Å². The summed E-state index contributed by atoms with van der Waals surface area (Å²) in [7, 11) is 1.58. The van der Waals surface area contributed by atoms with Gasteiger partial charge in [0.15, 0.2) is 0 Å². The predicted molar refractivity (Wildman–Crippen MR) is 138 cm³/mol. The van der Waals surface area contributed by atoms with Crippen LogP contribution in [0.4, 0.5) is 0 Å². The summed E-state index contributed by atoms with van der Waals surface area (Å²) in [5.74, 6) is 1.50. The highest BCUT2D eigenvalue weighted by molar-refractivity contribution is 5.96. The van der Waals surface area contributed by atoms with Crippen molar-refractivity contribution in [3.8, 4) is 5.75 Å². The van der Waals surface area contributed by atoms with E-state index in [4.69, 9.17) is 9.72 Å². The van der Waals surface area contributed by atoms with Gasteiger partial charge in [0.05, 0.1) is 23.7 Å². The van der Waals surface area contributed by atoms with Gasteiger partial charge in [-0.05, 0) is 47.2 Å². The van der Waals surface area contributed by atoms with Crippen LogP contribution in [0.1, 0.15) is 54.5 Å². The maximum Gasteiger partial charge on any atom is 0.255 e. The van der Waals surface area contributed by atoms with Crippen LogP contribution in [0.25, 0.3) is 11.0 Å². The number of aryl methyl sites for hydroxylation is 1. The van der Waals surface area contributed by atoms with Crippen molar-refractivity contribution in [2.45, 2.75) is 45.6 Å². The fourth-order valence-electron chi connectivity index (χ4n) is 4.16. The van der Waals surface area contributed by atoms with Gasteiger partial charge in [-0.2, -0.15) is 0 Å². The van der Waals surface area contributed by atoms with E-state index in [-0.39, 0.29) is 11.3 Å². The van der Waals surface area contributed by atoms with Crippen molar-refractivity contribution in [1.29, 1.82) is 0 Å². The molecule has 4 aromatic rings. The Hall–Kier alpha value is -3.60. The quantitative estimate of drug-likeness (QED) is 0.344. The SMILES string of the molecule is COc1ccccc1C(=O)NCCCc1nc2ccccc2n1Cc1ccc(C(C)(C)C)cc1. The maximum absolute atomic E-state index is 12.6. The zero-order valence-electron chi connectivity index (χ0n) is 20.5. The van der Waals surface area contributed by atoms with E-state index in [1.807, 2.05) is 18.2 Å². The highest BCUT2D eigenvalue weighted by Gasteiger charge is 2.15. The van der Waals surface area contributed by atoms with Gasteiger partial charge in [0.25, 0.3) is 5.91 Å². The fourth-order valence-corrected chi connectivity index (χ4v) is 4.16. The van der Waals surface area contributed by atoms with Crippen LogP contribution in [0.15, 0.2) is 72.8 Å². The maximum atomic E-state index is 12.6. The van der Waals surface area contributed by atoms with Crippen LogP contribution in [0.3, 0.4) is 0 Å². The standard InChI is InChI=1S/C29H33N3O2/c1-29(2,3)22-17-15-21(16-18-22)20-32-25-12-7-6-11-24(25)31-27(32)14-9-19-30-28(33)23-10-5-8-13-26(23)34-4/h5-8,10-13,15-18H,9,14,19-20H2,1-4H3,(H,30,33). The Labute approximate surface area is 201 Å². The van der Waals surface area contributed by atoms with Gasteiger partial charge in [-0.1, -0.05) is 69.3 Å². The zero-order valence-corrected chi connectivity index (χ0v) is 20.5. The Morgan fingerprint density at radius 3 is 2.41 bits per heavy atom. The summed E-state index contributed by atoms with van der Waals surface area (Å²) in [6.45, 7) is 8.04. The van der Waals surface area contributed by atoms with Crippen molar-refractivity contribution in [3.63, 3.8) is 0 Å². The lowest BCUT2D eigenvalue weighted by molar-refractivity contribution is 0.0950. The van der Waals surface area contributed by atoms with Gasteiger partial charge in [-0.25, -0.2) is 4.98 Å². The molecule has 0 fully saturated rings. The summed E-state index contributed by atoms with van der Waals surface area (Å²) in [5, 5.41) is 3.01. The molecule has 1 heterocycles. The number of nitrogens with zero attached hydrogens (tertiary/aromatic N) is 2. The third kappa shape index (κ3) is 5.30. The van der Waals surface area contributed by atoms with E-state index in [0.29, 0.717) is 17.9 Å². The number of imidazole rings is 1. The molecule has 1 N–H and O–H groups in total. The molecule has 0 saturated carbocycles. The summed E-state index contributed by atoms with van der Waals surface area (Å²) in [6.07, 6.45) is 1.58. The Morgan fingerprint density at radius 1 is 0.971 bits per heavy atom. The van der Waals surface area contributed by atoms with Crippen LogP contribution < -0.4 is 10.1 Å². The molecular formula is C29H33N3O2. The van der Waals surface area contributed by atoms with Crippen molar-refractivity contribution in [2.75, 3.05) is 13.7 Å². The van der Waals surface area contributed by atoms with Crippen LogP contribution >= 0.6 is 0 Å². The van der Waals surface area contributed by atoms with Crippen molar-refractivity contribution in [3.05, 3.63) is 95.3 Å². The number of rotatable bonds is 8. The predicted octanol–water partition coefficient (Wildman–Crippen LogP) is 5.75. The first-order chi connectivity index (χ1) is 16.4. The third-order valence-electron chi connectivity index (χ3n) is 6.11. The topological polar surface area (TPSA) is 56.1 Å². The van der Waals surface area contributed by atoms with Crippen molar-refractivity contribution in [2.24, 2.45) is 0 Å². The van der Waals surface area contributed by atoms with Gasteiger partial charge >= 0.3 is 0 Å². The average Bonchev–Trinajstić information content (AvgIpc) is 3.18. The highest BCUT2D eigenvalue weighted by atomic mass is 16.5. The molecule has 3 aromatic carbocycles. The molecule has 0 aliphatic carbocycles. The van der Waals surface area contributed by atoms with Gasteiger partial charge in [0.1, 0.15) is 11.6 Å². The molecule has 0 radical (unpaired) electrons. The summed E-state index contributed by atoms with van der Waals surface area (Å²) >= 11 is 0. The van der Waals surface area contributed by atoms with E-state index in [9.17, 15) is 4.79 Å². The van der Waals surface area contributed by atoms with E-state index in [1.165, 1.54) is 11.1 Å². The van der Waals surface area contributed by atoms with Crippen molar-refractivity contribution >= 4 is 16.9 Å². The van der Waals surface area contributed by atoms with Crippen molar-refractivity contribution in [1.82, 2.24) is 14.9 Å². The minimum absolute atomic E-state index is 0.120. The lowest BCUT2D eigenvalue weighted by Crippen LogP contribution is -2.25. The number of carbonyl (C=O) groups excluding carboxylic acids is 1. The van der Waals surface area contributed by atoms with Crippen molar-refractivity contribution < 1.29 is 9.53 Å². The molecule has 0 bridgehead atoms. The van der Waals surface area contributed by atoms with Gasteiger partial charge in [-0.3, -0.25) is 4.79 Å². The van der Waals surface area contributed by atoms with Crippen LogP contribution in [-0.2, 0) is 18.4 Å². The molecule has 5 nitrogen and oxygen atoms in total. The second-order valence-corrected chi connectivity index (χ2v) is 9.61. The number of aromatic nitrogens is 2.